The van der Waals surface area contributed by atoms with E-state index in [1.807, 2.05) is 5.55 Å². The Bertz CT molecular complexity index is 67.3. The molecule has 0 aliphatic carbocycles. The van der Waals surface area contributed by atoms with Gasteiger partial charge in [-0.2, -0.15) is 0 Å². The zero-order valence-corrected chi connectivity index (χ0v) is 7.23. The number of hydrogen-bond donors (Lipinski definition) is 0. The first-order valence-corrected chi connectivity index (χ1v) is 3.10. The molecule has 1 atom stereocenters. The predicted octanol–water partition coefficient (Wildman–Crippen LogP) is 0.632. The van der Waals surface area contributed by atoms with Crippen LogP contribution in [0.1, 0.15) is 0 Å². The fourth-order valence-electron chi connectivity index (χ4n) is 0.283. The van der Waals surface area contributed by atoms with Gasteiger partial charge in [0, 0.05) is 6.54 Å². The Balaban J connectivity index is 0.000000360. The van der Waals surface area contributed by atoms with Gasteiger partial charge in [-0.25, -0.2) is 0 Å². The van der Waals surface area contributed by atoms with Gasteiger partial charge >= 0.3 is 22.4 Å². The Morgan fingerprint density at radius 1 is 1.86 bits per heavy atom. The Morgan fingerprint density at radius 3 is 2.71 bits per heavy atom. The summed E-state index contributed by atoms with van der Waals surface area (Å²) in [5.74, 6) is 0. The second-order valence-electron chi connectivity index (χ2n) is 1.04. The standard InChI is InChI=1S/C3H5NS2.Au/c5-3-1-4-2-6-3;/h2-3,5H,1H2;/q;+1/p-1. The zero-order valence-electron chi connectivity index (χ0n) is 3.43. The summed E-state index contributed by atoms with van der Waals surface area (Å²) in [5.41, 5.74) is 1.82. The van der Waals surface area contributed by atoms with Crippen molar-refractivity contribution >= 4 is 29.9 Å². The van der Waals surface area contributed by atoms with Crippen molar-refractivity contribution in [2.75, 3.05) is 6.54 Å². The van der Waals surface area contributed by atoms with E-state index in [0.717, 1.165) is 6.54 Å². The largest absolute Gasteiger partial charge is 1.00 e. The van der Waals surface area contributed by atoms with Gasteiger partial charge in [-0.3, -0.25) is 4.99 Å². The van der Waals surface area contributed by atoms with E-state index in [-0.39, 0.29) is 22.4 Å². The summed E-state index contributed by atoms with van der Waals surface area (Å²) in [4.78, 5) is 3.90. The van der Waals surface area contributed by atoms with Gasteiger partial charge in [0.1, 0.15) is 0 Å². The van der Waals surface area contributed by atoms with Crippen LogP contribution in [0, 0.1) is 0 Å². The summed E-state index contributed by atoms with van der Waals surface area (Å²) >= 11 is 6.46. The molecule has 0 aromatic carbocycles. The van der Waals surface area contributed by atoms with Gasteiger partial charge in [0.25, 0.3) is 0 Å². The molecule has 44 valence electrons. The maximum Gasteiger partial charge on any atom is 1.00 e. The third-order valence-electron chi connectivity index (χ3n) is 0.542. The van der Waals surface area contributed by atoms with Gasteiger partial charge in [-0.05, 0) is 0 Å². The summed E-state index contributed by atoms with van der Waals surface area (Å²) in [7, 11) is 0. The zero-order chi connectivity index (χ0) is 4.41. The molecule has 0 aromatic heterocycles. The van der Waals surface area contributed by atoms with Crippen molar-refractivity contribution in [2.45, 2.75) is 4.58 Å². The summed E-state index contributed by atoms with van der Waals surface area (Å²) in [6.07, 6.45) is 0. The number of nitrogens with zero attached hydrogens (tertiary/aromatic N) is 1. The fraction of sp³-hybridized carbons (Fsp3) is 0.667. The SMILES string of the molecule is [Au+].[S-]C1CN=CS1. The van der Waals surface area contributed by atoms with Crippen LogP contribution in [0.3, 0.4) is 0 Å². The van der Waals surface area contributed by atoms with Crippen molar-refractivity contribution in [2.24, 2.45) is 4.99 Å². The average Bonchev–Trinajstić information content (AvgIpc) is 1.86. The number of aliphatic imine (C=N–C) groups is 1. The smallest absolute Gasteiger partial charge is 0.776 e. The molecule has 1 unspecified atom stereocenters. The molecule has 0 fully saturated rings. The Kier molecular flexibility index (Phi) is 4.68. The first kappa shape index (κ1) is 8.11. The molecule has 1 aliphatic heterocycles. The van der Waals surface area contributed by atoms with Crippen LogP contribution < -0.4 is 0 Å². The normalized spacial score (nSPS) is 27.3. The van der Waals surface area contributed by atoms with E-state index in [9.17, 15) is 0 Å². The van der Waals surface area contributed by atoms with Crippen molar-refractivity contribution in [3.63, 3.8) is 0 Å². The number of thioether (sulfide) groups is 1. The molecule has 1 aliphatic rings. The Labute approximate surface area is 68.3 Å². The van der Waals surface area contributed by atoms with Crippen LogP contribution in [-0.2, 0) is 35.0 Å². The maximum absolute atomic E-state index is 4.84. The quantitative estimate of drug-likeness (QED) is 0.480. The number of rotatable bonds is 0. The summed E-state index contributed by atoms with van der Waals surface area (Å²) in [6, 6.07) is 0. The number of hydrogen-bond acceptors (Lipinski definition) is 3. The second-order valence-corrected chi connectivity index (χ2v) is 2.96. The van der Waals surface area contributed by atoms with Gasteiger partial charge in [-0.1, -0.05) is 4.58 Å². The first-order chi connectivity index (χ1) is 2.89. The molecular formula is C3H4AuNS2. The third-order valence-corrected chi connectivity index (χ3v) is 1.75. The fourth-order valence-corrected chi connectivity index (χ4v) is 0.998. The monoisotopic (exact) mass is 315 g/mol. The van der Waals surface area contributed by atoms with E-state index < -0.39 is 0 Å². The van der Waals surface area contributed by atoms with Crippen molar-refractivity contribution in [3.8, 4) is 0 Å². The van der Waals surface area contributed by atoms with E-state index in [1.54, 1.807) is 11.8 Å². The van der Waals surface area contributed by atoms with Crippen LogP contribution in [0.15, 0.2) is 4.99 Å². The van der Waals surface area contributed by atoms with Gasteiger partial charge in [0.05, 0.1) is 5.55 Å². The van der Waals surface area contributed by atoms with Crippen LogP contribution in [-0.4, -0.2) is 16.7 Å². The molecule has 0 saturated carbocycles. The topological polar surface area (TPSA) is 12.4 Å². The molecular weight excluding hydrogens is 311 g/mol. The van der Waals surface area contributed by atoms with Crippen LogP contribution in [0.4, 0.5) is 0 Å². The molecule has 1 nitrogen and oxygen atoms in total. The molecule has 0 bridgehead atoms. The van der Waals surface area contributed by atoms with E-state index in [4.69, 9.17) is 12.6 Å². The molecule has 7 heavy (non-hydrogen) atoms. The van der Waals surface area contributed by atoms with Gasteiger partial charge in [-0.15, -0.1) is 11.8 Å². The van der Waals surface area contributed by atoms with Gasteiger partial charge < -0.3 is 12.6 Å². The van der Waals surface area contributed by atoms with Gasteiger partial charge in [0.2, 0.25) is 0 Å². The van der Waals surface area contributed by atoms with Crippen LogP contribution in [0.5, 0.6) is 0 Å². The first-order valence-electron chi connectivity index (χ1n) is 1.69. The van der Waals surface area contributed by atoms with Crippen LogP contribution in [0.2, 0.25) is 0 Å². The Hall–Kier alpha value is 1.11. The van der Waals surface area contributed by atoms with Gasteiger partial charge in [0.15, 0.2) is 0 Å². The predicted molar refractivity (Wildman–Crippen MR) is 32.1 cm³/mol. The van der Waals surface area contributed by atoms with Crippen molar-refractivity contribution in [1.29, 1.82) is 0 Å². The minimum Gasteiger partial charge on any atom is -0.776 e. The van der Waals surface area contributed by atoms with Crippen LogP contribution in [0.25, 0.3) is 0 Å². The second kappa shape index (κ2) is 4.04. The molecule has 0 amide bonds. The molecule has 4 heteroatoms. The van der Waals surface area contributed by atoms with E-state index in [1.165, 1.54) is 0 Å². The molecule has 0 radical (unpaired) electrons. The van der Waals surface area contributed by atoms with E-state index in [0.29, 0.717) is 4.58 Å². The average molecular weight is 315 g/mol. The summed E-state index contributed by atoms with van der Waals surface area (Å²) in [5, 5.41) is 0. The third kappa shape index (κ3) is 2.82. The van der Waals surface area contributed by atoms with E-state index >= 15 is 0 Å². The molecule has 1 rings (SSSR count). The molecule has 0 saturated heterocycles. The molecule has 1 heterocycles. The van der Waals surface area contributed by atoms with Crippen molar-refractivity contribution in [3.05, 3.63) is 0 Å². The maximum atomic E-state index is 4.84. The Morgan fingerprint density at radius 2 is 2.57 bits per heavy atom. The molecule has 0 N–H and O–H groups in total. The molecule has 0 aromatic rings. The molecule has 0 spiro atoms. The summed E-state index contributed by atoms with van der Waals surface area (Å²) in [6.45, 7) is 0.833. The van der Waals surface area contributed by atoms with Crippen LogP contribution >= 0.6 is 11.8 Å². The summed E-state index contributed by atoms with van der Waals surface area (Å²) < 4.78 is 0.324. The minimum absolute atomic E-state index is 0. The van der Waals surface area contributed by atoms with Crippen molar-refractivity contribution in [1.82, 2.24) is 0 Å². The van der Waals surface area contributed by atoms with E-state index in [2.05, 4.69) is 4.99 Å². The minimum atomic E-state index is 0. The van der Waals surface area contributed by atoms with Crippen molar-refractivity contribution < 1.29 is 22.4 Å².